The van der Waals surface area contributed by atoms with Gasteiger partial charge in [-0.1, -0.05) is 30.3 Å². The van der Waals surface area contributed by atoms with E-state index in [1.807, 2.05) is 30.3 Å². The average molecular weight is 333 g/mol. The van der Waals surface area contributed by atoms with Gasteiger partial charge in [-0.25, -0.2) is 13.6 Å². The first-order valence-corrected chi connectivity index (χ1v) is 7.38. The number of amides is 1. The van der Waals surface area contributed by atoms with E-state index in [0.717, 1.165) is 17.7 Å². The summed E-state index contributed by atoms with van der Waals surface area (Å²) in [5.41, 5.74) is 0.804. The number of nitrogens with one attached hydrogen (secondary N) is 1. The van der Waals surface area contributed by atoms with Crippen molar-refractivity contribution < 1.29 is 23.1 Å². The van der Waals surface area contributed by atoms with Crippen molar-refractivity contribution in [2.45, 2.75) is 18.9 Å². The summed E-state index contributed by atoms with van der Waals surface area (Å²) in [5, 5.41) is 2.46. The van der Waals surface area contributed by atoms with Gasteiger partial charge in [-0.05, 0) is 30.5 Å². The Kier molecular flexibility index (Phi) is 6.01. The highest BCUT2D eigenvalue weighted by molar-refractivity contribution is 5.96. The number of carbonyl (C=O) groups is 2. The molecular weight excluding hydrogens is 316 g/mol. The molecule has 1 atom stereocenters. The van der Waals surface area contributed by atoms with Gasteiger partial charge in [-0.2, -0.15) is 0 Å². The molecule has 0 aliphatic carbocycles. The Hall–Kier alpha value is -2.76. The van der Waals surface area contributed by atoms with Crippen LogP contribution in [0.5, 0.6) is 0 Å². The Morgan fingerprint density at radius 1 is 1.08 bits per heavy atom. The largest absolute Gasteiger partial charge is 0.467 e. The fourth-order valence-corrected chi connectivity index (χ4v) is 2.27. The van der Waals surface area contributed by atoms with Crippen LogP contribution in [0.25, 0.3) is 0 Å². The van der Waals surface area contributed by atoms with E-state index in [1.165, 1.54) is 7.11 Å². The van der Waals surface area contributed by atoms with Gasteiger partial charge in [0, 0.05) is 11.6 Å². The lowest BCUT2D eigenvalue weighted by atomic mass is 10.0. The van der Waals surface area contributed by atoms with Crippen LogP contribution in [0.15, 0.2) is 48.5 Å². The lowest BCUT2D eigenvalue weighted by molar-refractivity contribution is -0.143. The van der Waals surface area contributed by atoms with Gasteiger partial charge in [-0.15, -0.1) is 0 Å². The molecule has 1 amide bonds. The van der Waals surface area contributed by atoms with Gasteiger partial charge in [0.1, 0.15) is 17.7 Å². The van der Waals surface area contributed by atoms with Crippen molar-refractivity contribution in [2.24, 2.45) is 0 Å². The molecule has 0 unspecified atom stereocenters. The molecule has 0 radical (unpaired) electrons. The summed E-state index contributed by atoms with van der Waals surface area (Å²) < 4.78 is 31.1. The smallest absolute Gasteiger partial charge is 0.328 e. The van der Waals surface area contributed by atoms with E-state index in [0.29, 0.717) is 18.9 Å². The molecule has 1 N–H and O–H groups in total. The highest BCUT2D eigenvalue weighted by Gasteiger charge is 2.22. The second-order valence-corrected chi connectivity index (χ2v) is 5.23. The van der Waals surface area contributed by atoms with E-state index >= 15 is 0 Å². The molecule has 0 bridgehead atoms. The minimum Gasteiger partial charge on any atom is -0.467 e. The molecule has 24 heavy (non-hydrogen) atoms. The normalized spacial score (nSPS) is 11.6. The average Bonchev–Trinajstić information content (AvgIpc) is 2.57. The minimum atomic E-state index is -0.908. The summed E-state index contributed by atoms with van der Waals surface area (Å²) in [5.74, 6) is -3.08. The number of methoxy groups -OCH3 is 1. The van der Waals surface area contributed by atoms with Crippen molar-refractivity contribution in [3.05, 3.63) is 71.3 Å². The Morgan fingerprint density at radius 2 is 1.71 bits per heavy atom. The van der Waals surface area contributed by atoms with Gasteiger partial charge in [0.2, 0.25) is 0 Å². The predicted octanol–water partition coefficient (Wildman–Crippen LogP) is 2.87. The van der Waals surface area contributed by atoms with Crippen LogP contribution in [0, 0.1) is 11.6 Å². The lowest BCUT2D eigenvalue weighted by Crippen LogP contribution is -2.42. The van der Waals surface area contributed by atoms with Crippen LogP contribution < -0.4 is 5.32 Å². The van der Waals surface area contributed by atoms with Gasteiger partial charge < -0.3 is 10.1 Å². The zero-order valence-electron chi connectivity index (χ0n) is 13.1. The molecule has 0 saturated heterocycles. The summed E-state index contributed by atoms with van der Waals surface area (Å²) in [6, 6.07) is 11.0. The molecule has 0 aliphatic heterocycles. The Bertz CT molecular complexity index is 699. The van der Waals surface area contributed by atoms with E-state index in [9.17, 15) is 18.4 Å². The molecule has 0 fully saturated rings. The summed E-state index contributed by atoms with van der Waals surface area (Å²) >= 11 is 0. The Morgan fingerprint density at radius 3 is 2.29 bits per heavy atom. The standard InChI is InChI=1S/C18H17F2NO3/c1-24-18(23)16(8-7-12-5-3-2-4-6-12)21-17(22)13-9-14(19)11-15(20)10-13/h2-6,9-11,16H,7-8H2,1H3,(H,21,22)/t16-/m1/s1. The maximum atomic E-state index is 13.2. The van der Waals surface area contributed by atoms with Crippen LogP contribution >= 0.6 is 0 Å². The second-order valence-electron chi connectivity index (χ2n) is 5.23. The van der Waals surface area contributed by atoms with Crippen molar-refractivity contribution in [1.82, 2.24) is 5.32 Å². The quantitative estimate of drug-likeness (QED) is 0.827. The number of hydrogen-bond donors (Lipinski definition) is 1. The summed E-state index contributed by atoms with van der Waals surface area (Å²) in [6.07, 6.45) is 0.846. The number of carbonyl (C=O) groups excluding carboxylic acids is 2. The molecule has 126 valence electrons. The molecule has 0 aromatic heterocycles. The van der Waals surface area contributed by atoms with Gasteiger partial charge in [0.15, 0.2) is 0 Å². The molecule has 0 heterocycles. The SMILES string of the molecule is COC(=O)[C@@H](CCc1ccccc1)NC(=O)c1cc(F)cc(F)c1. The highest BCUT2D eigenvalue weighted by Crippen LogP contribution is 2.10. The van der Waals surface area contributed by atoms with Crippen molar-refractivity contribution in [2.75, 3.05) is 7.11 Å². The molecule has 0 aliphatic rings. The third-order valence-electron chi connectivity index (χ3n) is 3.48. The number of benzene rings is 2. The zero-order valence-corrected chi connectivity index (χ0v) is 13.1. The third-order valence-corrected chi connectivity index (χ3v) is 3.48. The van der Waals surface area contributed by atoms with Crippen LogP contribution in [-0.2, 0) is 16.0 Å². The predicted molar refractivity (Wildman–Crippen MR) is 84.4 cm³/mol. The molecule has 2 aromatic carbocycles. The van der Waals surface area contributed by atoms with E-state index in [1.54, 1.807) is 0 Å². The van der Waals surface area contributed by atoms with Crippen molar-refractivity contribution in [1.29, 1.82) is 0 Å². The van der Waals surface area contributed by atoms with Gasteiger partial charge >= 0.3 is 5.97 Å². The summed E-state index contributed by atoms with van der Waals surface area (Å²) in [7, 11) is 1.21. The monoisotopic (exact) mass is 333 g/mol. The zero-order chi connectivity index (χ0) is 17.5. The third kappa shape index (κ3) is 4.87. The van der Waals surface area contributed by atoms with Crippen molar-refractivity contribution in [3.63, 3.8) is 0 Å². The lowest BCUT2D eigenvalue weighted by Gasteiger charge is -2.16. The molecule has 0 spiro atoms. The highest BCUT2D eigenvalue weighted by atomic mass is 19.1. The van der Waals surface area contributed by atoms with Crippen molar-refractivity contribution >= 4 is 11.9 Å². The fraction of sp³-hybridized carbons (Fsp3) is 0.222. The van der Waals surface area contributed by atoms with Gasteiger partial charge in [-0.3, -0.25) is 4.79 Å². The maximum Gasteiger partial charge on any atom is 0.328 e. The van der Waals surface area contributed by atoms with Crippen LogP contribution in [0.2, 0.25) is 0 Å². The fourth-order valence-electron chi connectivity index (χ4n) is 2.27. The number of esters is 1. The molecule has 6 heteroatoms. The van der Waals surface area contributed by atoms with E-state index < -0.39 is 29.6 Å². The van der Waals surface area contributed by atoms with Crippen LogP contribution in [0.4, 0.5) is 8.78 Å². The van der Waals surface area contributed by atoms with Crippen LogP contribution in [0.1, 0.15) is 22.3 Å². The molecule has 4 nitrogen and oxygen atoms in total. The van der Waals surface area contributed by atoms with Crippen molar-refractivity contribution in [3.8, 4) is 0 Å². The summed E-state index contributed by atoms with van der Waals surface area (Å²) in [4.78, 5) is 24.0. The molecular formula is C18H17F2NO3. The number of aryl methyl sites for hydroxylation is 1. The Labute approximate surface area is 138 Å². The van der Waals surface area contributed by atoms with E-state index in [2.05, 4.69) is 10.1 Å². The molecule has 2 rings (SSSR count). The minimum absolute atomic E-state index is 0.193. The number of halogens is 2. The summed E-state index contributed by atoms with van der Waals surface area (Å²) in [6.45, 7) is 0. The van der Waals surface area contributed by atoms with Gasteiger partial charge in [0.05, 0.1) is 7.11 Å². The maximum absolute atomic E-state index is 13.2. The first-order valence-electron chi connectivity index (χ1n) is 7.38. The van der Waals surface area contributed by atoms with Crippen LogP contribution in [0.3, 0.4) is 0 Å². The molecule has 0 saturated carbocycles. The first-order chi connectivity index (χ1) is 11.5. The van der Waals surface area contributed by atoms with Gasteiger partial charge in [0.25, 0.3) is 5.91 Å². The van der Waals surface area contributed by atoms with E-state index in [-0.39, 0.29) is 5.56 Å². The number of hydrogen-bond acceptors (Lipinski definition) is 3. The van der Waals surface area contributed by atoms with E-state index in [4.69, 9.17) is 0 Å². The molecule has 2 aromatic rings. The first kappa shape index (κ1) is 17.6. The number of ether oxygens (including phenoxy) is 1. The van der Waals surface area contributed by atoms with Crippen LogP contribution in [-0.4, -0.2) is 25.0 Å². The topological polar surface area (TPSA) is 55.4 Å². The Balaban J connectivity index is 2.07. The second kappa shape index (κ2) is 8.19. The number of rotatable bonds is 6.